The summed E-state index contributed by atoms with van der Waals surface area (Å²) in [7, 11) is 0. The maximum absolute atomic E-state index is 11.5. The van der Waals surface area contributed by atoms with Gasteiger partial charge in [-0.05, 0) is 12.1 Å². The molecular weight excluding hydrogens is 218 g/mol. The van der Waals surface area contributed by atoms with Gasteiger partial charge >= 0.3 is 0 Å². The number of hydrogen-bond donors (Lipinski definition) is 2. The Kier molecular flexibility index (Phi) is 2.11. The van der Waals surface area contributed by atoms with E-state index in [0.717, 1.165) is 0 Å². The molecule has 84 valence electrons. The molecule has 0 bridgehead atoms. The standard InChI is InChI=1S/C11H9N5O/c17-11-4-6-13-10-7-9(15-16(10)11)14-8-3-1-2-5-12-8/h1-7,13H,(H,12,14,15). The molecule has 0 unspecified atom stereocenters. The largest absolute Gasteiger partial charge is 0.346 e. The zero-order valence-electron chi connectivity index (χ0n) is 8.79. The zero-order chi connectivity index (χ0) is 11.7. The Morgan fingerprint density at radius 2 is 2.18 bits per heavy atom. The second kappa shape index (κ2) is 3.75. The molecule has 0 atom stereocenters. The van der Waals surface area contributed by atoms with E-state index < -0.39 is 0 Å². The zero-order valence-corrected chi connectivity index (χ0v) is 8.79. The number of H-pyrrole nitrogens is 1. The van der Waals surface area contributed by atoms with Crippen LogP contribution in [0, 0.1) is 0 Å². The third-order valence-corrected chi connectivity index (χ3v) is 2.30. The number of nitrogens with one attached hydrogen (secondary N) is 2. The molecule has 0 fully saturated rings. The Labute approximate surface area is 95.9 Å². The molecule has 17 heavy (non-hydrogen) atoms. The lowest BCUT2D eigenvalue weighted by Gasteiger charge is -1.98. The van der Waals surface area contributed by atoms with E-state index >= 15 is 0 Å². The van der Waals surface area contributed by atoms with Gasteiger partial charge in [0.2, 0.25) is 0 Å². The van der Waals surface area contributed by atoms with Gasteiger partial charge in [0.1, 0.15) is 11.5 Å². The van der Waals surface area contributed by atoms with E-state index in [-0.39, 0.29) is 5.56 Å². The van der Waals surface area contributed by atoms with E-state index in [0.29, 0.717) is 17.3 Å². The topological polar surface area (TPSA) is 75.1 Å². The minimum atomic E-state index is -0.173. The first-order valence-electron chi connectivity index (χ1n) is 5.08. The normalized spacial score (nSPS) is 10.6. The first kappa shape index (κ1) is 9.59. The van der Waals surface area contributed by atoms with Crippen molar-refractivity contribution in [3.05, 3.63) is 53.1 Å². The van der Waals surface area contributed by atoms with Crippen molar-refractivity contribution in [1.29, 1.82) is 0 Å². The summed E-state index contributed by atoms with van der Waals surface area (Å²) in [5, 5.41) is 7.15. The summed E-state index contributed by atoms with van der Waals surface area (Å²) in [5.41, 5.74) is 0.462. The number of fused-ring (bicyclic) bond motifs is 1. The van der Waals surface area contributed by atoms with Crippen molar-refractivity contribution in [2.24, 2.45) is 0 Å². The van der Waals surface area contributed by atoms with Crippen LogP contribution in [-0.4, -0.2) is 19.6 Å². The van der Waals surface area contributed by atoms with E-state index in [4.69, 9.17) is 0 Å². The van der Waals surface area contributed by atoms with E-state index in [1.165, 1.54) is 10.6 Å². The van der Waals surface area contributed by atoms with Gasteiger partial charge in [-0.3, -0.25) is 4.79 Å². The van der Waals surface area contributed by atoms with Crippen LogP contribution in [-0.2, 0) is 0 Å². The first-order chi connectivity index (χ1) is 8.33. The molecule has 3 heterocycles. The van der Waals surface area contributed by atoms with Crippen LogP contribution in [0.5, 0.6) is 0 Å². The number of anilines is 2. The fraction of sp³-hybridized carbons (Fsp3) is 0. The van der Waals surface area contributed by atoms with Gasteiger partial charge in [-0.2, -0.15) is 4.52 Å². The minimum Gasteiger partial charge on any atom is -0.346 e. The summed E-state index contributed by atoms with van der Waals surface area (Å²) < 4.78 is 1.30. The highest BCUT2D eigenvalue weighted by atomic mass is 16.1. The smallest absolute Gasteiger partial charge is 0.274 e. The van der Waals surface area contributed by atoms with E-state index in [1.807, 2.05) is 18.2 Å². The molecule has 0 amide bonds. The maximum Gasteiger partial charge on any atom is 0.274 e. The fourth-order valence-electron chi connectivity index (χ4n) is 1.55. The molecule has 0 aliphatic rings. The second-order valence-electron chi connectivity index (χ2n) is 3.48. The van der Waals surface area contributed by atoms with E-state index in [1.54, 1.807) is 18.5 Å². The van der Waals surface area contributed by atoms with Crippen molar-refractivity contribution in [3.8, 4) is 0 Å². The van der Waals surface area contributed by atoms with Crippen LogP contribution in [0.15, 0.2) is 47.5 Å². The van der Waals surface area contributed by atoms with Gasteiger partial charge < -0.3 is 10.3 Å². The first-order valence-corrected chi connectivity index (χ1v) is 5.08. The highest BCUT2D eigenvalue weighted by molar-refractivity contribution is 5.57. The summed E-state index contributed by atoms with van der Waals surface area (Å²) in [5.74, 6) is 1.26. The van der Waals surface area contributed by atoms with Crippen molar-refractivity contribution in [3.63, 3.8) is 0 Å². The molecule has 0 radical (unpaired) electrons. The van der Waals surface area contributed by atoms with Gasteiger partial charge in [0, 0.05) is 24.5 Å². The van der Waals surface area contributed by atoms with Gasteiger partial charge in [-0.1, -0.05) is 6.07 Å². The van der Waals surface area contributed by atoms with E-state index in [9.17, 15) is 4.79 Å². The second-order valence-corrected chi connectivity index (χ2v) is 3.48. The van der Waals surface area contributed by atoms with Crippen LogP contribution in [0.4, 0.5) is 11.6 Å². The van der Waals surface area contributed by atoms with Gasteiger partial charge in [0.15, 0.2) is 5.82 Å². The summed E-state index contributed by atoms with van der Waals surface area (Å²) in [6, 6.07) is 8.70. The monoisotopic (exact) mass is 227 g/mol. The van der Waals surface area contributed by atoms with Gasteiger partial charge in [-0.15, -0.1) is 5.10 Å². The molecule has 3 aromatic heterocycles. The van der Waals surface area contributed by atoms with Crippen LogP contribution >= 0.6 is 0 Å². The van der Waals surface area contributed by atoms with Crippen LogP contribution in [0.3, 0.4) is 0 Å². The van der Waals surface area contributed by atoms with Crippen LogP contribution in [0.25, 0.3) is 5.65 Å². The molecule has 6 nitrogen and oxygen atoms in total. The minimum absolute atomic E-state index is 0.173. The third kappa shape index (κ3) is 1.76. The SMILES string of the molecule is O=c1cc[nH]c2cc(Nc3ccccn3)nn12. The van der Waals surface area contributed by atoms with Crippen molar-refractivity contribution in [2.45, 2.75) is 0 Å². The summed E-state index contributed by atoms with van der Waals surface area (Å²) in [4.78, 5) is 18.5. The van der Waals surface area contributed by atoms with Gasteiger partial charge in [0.05, 0.1) is 0 Å². The molecular formula is C11H9N5O. The molecule has 0 aromatic carbocycles. The van der Waals surface area contributed by atoms with Crippen molar-refractivity contribution < 1.29 is 0 Å². The highest BCUT2D eigenvalue weighted by Gasteiger charge is 2.03. The molecule has 3 aromatic rings. The summed E-state index contributed by atoms with van der Waals surface area (Å²) >= 11 is 0. The maximum atomic E-state index is 11.5. The Bertz CT molecular complexity index is 700. The predicted molar refractivity (Wildman–Crippen MR) is 63.3 cm³/mol. The average molecular weight is 227 g/mol. The van der Waals surface area contributed by atoms with Crippen LogP contribution < -0.4 is 10.9 Å². The van der Waals surface area contributed by atoms with E-state index in [2.05, 4.69) is 20.4 Å². The Morgan fingerprint density at radius 1 is 1.24 bits per heavy atom. The summed E-state index contributed by atoms with van der Waals surface area (Å²) in [6.07, 6.45) is 3.27. The quantitative estimate of drug-likeness (QED) is 0.689. The Morgan fingerprint density at radius 3 is 2.94 bits per heavy atom. The van der Waals surface area contributed by atoms with Crippen LogP contribution in [0.1, 0.15) is 0 Å². The molecule has 2 N–H and O–H groups in total. The molecule has 0 aliphatic carbocycles. The highest BCUT2D eigenvalue weighted by Crippen LogP contribution is 2.12. The van der Waals surface area contributed by atoms with Gasteiger partial charge in [-0.25, -0.2) is 4.98 Å². The van der Waals surface area contributed by atoms with Crippen LogP contribution in [0.2, 0.25) is 0 Å². The predicted octanol–water partition coefficient (Wildman–Crippen LogP) is 1.16. The molecule has 6 heteroatoms. The Balaban J connectivity index is 2.02. The lowest BCUT2D eigenvalue weighted by Crippen LogP contribution is -2.12. The van der Waals surface area contributed by atoms with Crippen molar-refractivity contribution in [1.82, 2.24) is 19.6 Å². The molecule has 0 saturated heterocycles. The number of pyridine rings is 1. The average Bonchev–Trinajstić information content (AvgIpc) is 2.74. The van der Waals surface area contributed by atoms with Crippen molar-refractivity contribution in [2.75, 3.05) is 5.32 Å². The molecule has 3 rings (SSSR count). The lowest BCUT2D eigenvalue weighted by atomic mass is 10.4. The molecule has 0 saturated carbocycles. The number of aromatic amines is 1. The number of aromatic nitrogens is 4. The third-order valence-electron chi connectivity index (χ3n) is 2.30. The number of rotatable bonds is 2. The van der Waals surface area contributed by atoms with Gasteiger partial charge in [0.25, 0.3) is 5.56 Å². The molecule has 0 spiro atoms. The Hall–Kier alpha value is -2.63. The molecule has 0 aliphatic heterocycles. The summed E-state index contributed by atoms with van der Waals surface area (Å²) in [6.45, 7) is 0. The lowest BCUT2D eigenvalue weighted by molar-refractivity contribution is 0.902. The number of nitrogens with zero attached hydrogens (tertiary/aromatic N) is 3. The fourth-order valence-corrected chi connectivity index (χ4v) is 1.55. The number of hydrogen-bond acceptors (Lipinski definition) is 4. The van der Waals surface area contributed by atoms with Crippen molar-refractivity contribution >= 4 is 17.3 Å².